The minimum atomic E-state index is 0.292. The zero-order valence-corrected chi connectivity index (χ0v) is 13.2. The van der Waals surface area contributed by atoms with Gasteiger partial charge in [0.05, 0.1) is 17.3 Å². The van der Waals surface area contributed by atoms with Gasteiger partial charge in [0.1, 0.15) is 0 Å². The van der Waals surface area contributed by atoms with Gasteiger partial charge in [0.15, 0.2) is 0 Å². The molecule has 1 aliphatic heterocycles. The highest BCUT2D eigenvalue weighted by atomic mass is 16.5. The van der Waals surface area contributed by atoms with E-state index in [2.05, 4.69) is 48.1 Å². The van der Waals surface area contributed by atoms with E-state index in [-0.39, 0.29) is 0 Å². The molecule has 4 nitrogen and oxygen atoms in total. The lowest BCUT2D eigenvalue weighted by atomic mass is 9.94. The number of nitrogens with one attached hydrogen (secondary N) is 1. The summed E-state index contributed by atoms with van der Waals surface area (Å²) >= 11 is 0. The number of benzene rings is 1. The van der Waals surface area contributed by atoms with Gasteiger partial charge in [-0.1, -0.05) is 25.1 Å². The van der Waals surface area contributed by atoms with Crippen molar-refractivity contribution in [3.8, 4) is 0 Å². The highest BCUT2D eigenvalue weighted by molar-refractivity contribution is 5.82. The zero-order chi connectivity index (χ0) is 14.8. The molecule has 114 valence electrons. The molecule has 0 bridgehead atoms. The SMILES string of the molecule is CCn1nc(CC(NC)C2OCCC2C)c2ccccc21. The van der Waals surface area contributed by atoms with E-state index in [1.54, 1.807) is 0 Å². The van der Waals surface area contributed by atoms with Crippen LogP contribution in [0.15, 0.2) is 24.3 Å². The van der Waals surface area contributed by atoms with E-state index in [9.17, 15) is 0 Å². The lowest BCUT2D eigenvalue weighted by Gasteiger charge is -2.25. The van der Waals surface area contributed by atoms with Crippen LogP contribution in [0.2, 0.25) is 0 Å². The first-order valence-corrected chi connectivity index (χ1v) is 7.98. The van der Waals surface area contributed by atoms with Crippen molar-refractivity contribution in [1.29, 1.82) is 0 Å². The summed E-state index contributed by atoms with van der Waals surface area (Å²) in [6.07, 6.45) is 2.37. The second-order valence-electron chi connectivity index (χ2n) is 5.98. The van der Waals surface area contributed by atoms with Crippen LogP contribution in [0.1, 0.15) is 26.0 Å². The first kappa shape index (κ1) is 14.5. The molecule has 1 aromatic carbocycles. The highest BCUT2D eigenvalue weighted by Crippen LogP contribution is 2.26. The number of likely N-dealkylation sites (N-methyl/N-ethyl adjacent to an activating group) is 1. The maximum Gasteiger partial charge on any atom is 0.0758 e. The summed E-state index contributed by atoms with van der Waals surface area (Å²) in [5.74, 6) is 0.613. The molecular formula is C17H25N3O. The molecule has 3 unspecified atom stereocenters. The molecule has 1 saturated heterocycles. The smallest absolute Gasteiger partial charge is 0.0758 e. The van der Waals surface area contributed by atoms with Crippen LogP contribution in [0.4, 0.5) is 0 Å². The largest absolute Gasteiger partial charge is 0.376 e. The van der Waals surface area contributed by atoms with Gasteiger partial charge in [-0.15, -0.1) is 0 Å². The van der Waals surface area contributed by atoms with Crippen molar-refractivity contribution in [2.75, 3.05) is 13.7 Å². The molecule has 0 spiro atoms. The van der Waals surface area contributed by atoms with Gasteiger partial charge in [-0.3, -0.25) is 4.68 Å². The van der Waals surface area contributed by atoms with Gasteiger partial charge in [-0.05, 0) is 32.4 Å². The lowest BCUT2D eigenvalue weighted by molar-refractivity contribution is 0.0631. The first-order chi connectivity index (χ1) is 10.2. The molecule has 4 heteroatoms. The second-order valence-corrected chi connectivity index (χ2v) is 5.98. The molecule has 1 aliphatic rings. The number of ether oxygens (including phenoxy) is 1. The maximum absolute atomic E-state index is 5.94. The fourth-order valence-electron chi connectivity index (χ4n) is 3.41. The van der Waals surface area contributed by atoms with Crippen molar-refractivity contribution in [1.82, 2.24) is 15.1 Å². The van der Waals surface area contributed by atoms with Gasteiger partial charge < -0.3 is 10.1 Å². The van der Waals surface area contributed by atoms with E-state index in [4.69, 9.17) is 9.84 Å². The summed E-state index contributed by atoms with van der Waals surface area (Å²) in [5.41, 5.74) is 2.40. The number of aryl methyl sites for hydroxylation is 1. The number of rotatable bonds is 5. The highest BCUT2D eigenvalue weighted by Gasteiger charge is 2.32. The Kier molecular flexibility index (Phi) is 4.27. The molecule has 1 aromatic heterocycles. The zero-order valence-electron chi connectivity index (χ0n) is 13.2. The summed E-state index contributed by atoms with van der Waals surface area (Å²) in [5, 5.41) is 9.52. The van der Waals surface area contributed by atoms with Gasteiger partial charge in [-0.2, -0.15) is 5.10 Å². The summed E-state index contributed by atoms with van der Waals surface area (Å²) in [7, 11) is 2.03. The summed E-state index contributed by atoms with van der Waals surface area (Å²) in [4.78, 5) is 0. The fraction of sp³-hybridized carbons (Fsp3) is 0.588. The monoisotopic (exact) mass is 287 g/mol. The molecule has 1 N–H and O–H groups in total. The predicted molar refractivity (Wildman–Crippen MR) is 85.5 cm³/mol. The molecule has 3 atom stereocenters. The van der Waals surface area contributed by atoms with E-state index in [1.165, 1.54) is 16.6 Å². The predicted octanol–water partition coefficient (Wildman–Crippen LogP) is 2.61. The van der Waals surface area contributed by atoms with E-state index >= 15 is 0 Å². The minimum Gasteiger partial charge on any atom is -0.376 e. The van der Waals surface area contributed by atoms with E-state index < -0.39 is 0 Å². The molecule has 3 rings (SSSR count). The van der Waals surface area contributed by atoms with Crippen molar-refractivity contribution in [2.45, 2.75) is 45.4 Å². The Morgan fingerprint density at radius 2 is 2.24 bits per heavy atom. The Bertz CT molecular complexity index is 607. The van der Waals surface area contributed by atoms with Gasteiger partial charge in [0.2, 0.25) is 0 Å². The van der Waals surface area contributed by atoms with Crippen LogP contribution in [0.25, 0.3) is 10.9 Å². The number of hydrogen-bond donors (Lipinski definition) is 1. The molecule has 0 saturated carbocycles. The number of nitrogens with zero attached hydrogens (tertiary/aromatic N) is 2. The molecule has 0 radical (unpaired) electrons. The van der Waals surface area contributed by atoms with E-state index in [0.717, 1.165) is 26.0 Å². The normalized spacial score (nSPS) is 23.8. The van der Waals surface area contributed by atoms with E-state index in [1.807, 2.05) is 7.05 Å². The second kappa shape index (κ2) is 6.16. The van der Waals surface area contributed by atoms with Crippen molar-refractivity contribution < 1.29 is 4.74 Å². The van der Waals surface area contributed by atoms with Crippen LogP contribution in [0.5, 0.6) is 0 Å². The third-order valence-corrected chi connectivity index (χ3v) is 4.66. The Morgan fingerprint density at radius 1 is 1.43 bits per heavy atom. The number of para-hydroxylation sites is 1. The Labute approximate surface area is 126 Å². The molecule has 0 aliphatic carbocycles. The molecular weight excluding hydrogens is 262 g/mol. The van der Waals surface area contributed by atoms with Crippen LogP contribution >= 0.6 is 0 Å². The Morgan fingerprint density at radius 3 is 2.90 bits per heavy atom. The first-order valence-electron chi connectivity index (χ1n) is 7.98. The van der Waals surface area contributed by atoms with Crippen LogP contribution in [0, 0.1) is 5.92 Å². The molecule has 0 amide bonds. The maximum atomic E-state index is 5.94. The topological polar surface area (TPSA) is 39.1 Å². The van der Waals surface area contributed by atoms with E-state index in [0.29, 0.717) is 18.1 Å². The standard InChI is InChI=1S/C17H25N3O/c1-4-20-16-8-6-5-7-13(16)14(19-20)11-15(18-3)17-12(2)9-10-21-17/h5-8,12,15,17-18H,4,9-11H2,1-3H3. The number of aromatic nitrogens is 2. The Balaban J connectivity index is 1.89. The van der Waals surface area contributed by atoms with Gasteiger partial charge in [0, 0.05) is 31.0 Å². The third-order valence-electron chi connectivity index (χ3n) is 4.66. The summed E-state index contributed by atoms with van der Waals surface area (Å²) in [6.45, 7) is 6.21. The molecule has 1 fully saturated rings. The molecule has 2 heterocycles. The van der Waals surface area contributed by atoms with Gasteiger partial charge in [0.25, 0.3) is 0 Å². The van der Waals surface area contributed by atoms with Crippen molar-refractivity contribution in [2.24, 2.45) is 5.92 Å². The minimum absolute atomic E-state index is 0.292. The number of fused-ring (bicyclic) bond motifs is 1. The average molecular weight is 287 g/mol. The third kappa shape index (κ3) is 2.70. The average Bonchev–Trinajstić information content (AvgIpc) is 3.09. The van der Waals surface area contributed by atoms with Crippen molar-refractivity contribution in [3.63, 3.8) is 0 Å². The van der Waals surface area contributed by atoms with Crippen LogP contribution in [-0.2, 0) is 17.7 Å². The van der Waals surface area contributed by atoms with Crippen molar-refractivity contribution >= 4 is 10.9 Å². The van der Waals surface area contributed by atoms with Crippen molar-refractivity contribution in [3.05, 3.63) is 30.0 Å². The molecule has 21 heavy (non-hydrogen) atoms. The van der Waals surface area contributed by atoms with Gasteiger partial charge >= 0.3 is 0 Å². The van der Waals surface area contributed by atoms with Gasteiger partial charge in [-0.25, -0.2) is 0 Å². The molecule has 2 aromatic rings. The van der Waals surface area contributed by atoms with Crippen LogP contribution in [0.3, 0.4) is 0 Å². The Hall–Kier alpha value is -1.39. The summed E-state index contributed by atoms with van der Waals surface area (Å²) in [6, 6.07) is 8.83. The quantitative estimate of drug-likeness (QED) is 0.919. The number of hydrogen-bond acceptors (Lipinski definition) is 3. The lowest BCUT2D eigenvalue weighted by Crippen LogP contribution is -2.42. The fourth-order valence-corrected chi connectivity index (χ4v) is 3.41. The summed E-state index contributed by atoms with van der Waals surface area (Å²) < 4.78 is 8.03. The van der Waals surface area contributed by atoms with Crippen LogP contribution in [-0.4, -0.2) is 35.6 Å². The van der Waals surface area contributed by atoms with Crippen LogP contribution < -0.4 is 5.32 Å².